The minimum absolute atomic E-state index is 0.119. The summed E-state index contributed by atoms with van der Waals surface area (Å²) in [5, 5.41) is 8.52. The molecule has 3 rings (SSSR count). The van der Waals surface area contributed by atoms with Crippen molar-refractivity contribution in [2.45, 2.75) is 11.1 Å². The molecule has 0 aliphatic rings. The number of pyridine rings is 1. The third-order valence-corrected chi connectivity index (χ3v) is 4.78. The van der Waals surface area contributed by atoms with Crippen molar-refractivity contribution in [3.63, 3.8) is 0 Å². The lowest BCUT2D eigenvalue weighted by Gasteiger charge is -2.18. The molecule has 0 bridgehead atoms. The first kappa shape index (κ1) is 16.8. The standard InChI is InChI=1S/C17H12FN3O3S/c18-14-5-3-4-12(10-14)16(15-6-1-2-8-20-15)21-25(22,23)17-13(11-19)7-9-24-17/h1-10,16,21H. The summed E-state index contributed by atoms with van der Waals surface area (Å²) in [4.78, 5) is 4.15. The monoisotopic (exact) mass is 357 g/mol. The number of rotatable bonds is 5. The van der Waals surface area contributed by atoms with Gasteiger partial charge in [-0.2, -0.15) is 9.98 Å². The van der Waals surface area contributed by atoms with Crippen LogP contribution in [0.25, 0.3) is 0 Å². The van der Waals surface area contributed by atoms with Crippen molar-refractivity contribution >= 4 is 10.0 Å². The lowest BCUT2D eigenvalue weighted by atomic mass is 10.0. The zero-order valence-electron chi connectivity index (χ0n) is 12.8. The molecule has 6 nitrogen and oxygen atoms in total. The number of nitrogens with one attached hydrogen (secondary N) is 1. The Bertz CT molecular complexity index is 1030. The highest BCUT2D eigenvalue weighted by atomic mass is 32.2. The fraction of sp³-hybridized carbons (Fsp3) is 0.0588. The number of hydrogen-bond acceptors (Lipinski definition) is 5. The summed E-state index contributed by atoms with van der Waals surface area (Å²) >= 11 is 0. The third kappa shape index (κ3) is 3.57. The van der Waals surface area contributed by atoms with Gasteiger partial charge in [0.1, 0.15) is 17.4 Å². The van der Waals surface area contributed by atoms with Crippen LogP contribution in [-0.2, 0) is 10.0 Å². The van der Waals surface area contributed by atoms with Gasteiger partial charge >= 0.3 is 0 Å². The van der Waals surface area contributed by atoms with Crippen LogP contribution >= 0.6 is 0 Å². The second-order valence-electron chi connectivity index (χ2n) is 5.10. The number of furan rings is 1. The average molecular weight is 357 g/mol. The number of benzene rings is 1. The van der Waals surface area contributed by atoms with E-state index in [-0.39, 0.29) is 5.56 Å². The summed E-state index contributed by atoms with van der Waals surface area (Å²) in [6, 6.07) is 12.6. The Labute approximate surface area is 143 Å². The maximum Gasteiger partial charge on any atom is 0.276 e. The maximum atomic E-state index is 13.6. The van der Waals surface area contributed by atoms with E-state index in [1.165, 1.54) is 30.5 Å². The van der Waals surface area contributed by atoms with Gasteiger partial charge in [-0.3, -0.25) is 4.98 Å². The Kier molecular flexibility index (Phi) is 4.61. The smallest absolute Gasteiger partial charge is 0.276 e. The van der Waals surface area contributed by atoms with Gasteiger partial charge in [0, 0.05) is 6.20 Å². The molecule has 1 atom stereocenters. The molecule has 25 heavy (non-hydrogen) atoms. The second kappa shape index (κ2) is 6.84. The molecular formula is C17H12FN3O3S. The average Bonchev–Trinajstić information content (AvgIpc) is 3.10. The van der Waals surface area contributed by atoms with Crippen molar-refractivity contribution in [1.82, 2.24) is 9.71 Å². The fourth-order valence-electron chi connectivity index (χ4n) is 2.33. The van der Waals surface area contributed by atoms with Gasteiger partial charge in [-0.15, -0.1) is 0 Å². The molecule has 1 aromatic carbocycles. The topological polar surface area (TPSA) is 96.0 Å². The van der Waals surface area contributed by atoms with E-state index in [1.54, 1.807) is 30.3 Å². The Hall–Kier alpha value is -3.02. The van der Waals surface area contributed by atoms with Gasteiger partial charge in [-0.25, -0.2) is 12.8 Å². The van der Waals surface area contributed by atoms with Crippen molar-refractivity contribution in [2.75, 3.05) is 0 Å². The van der Waals surface area contributed by atoms with E-state index in [4.69, 9.17) is 9.68 Å². The Morgan fingerprint density at radius 1 is 1.20 bits per heavy atom. The molecule has 8 heteroatoms. The Morgan fingerprint density at radius 3 is 2.72 bits per heavy atom. The van der Waals surface area contributed by atoms with Crippen LogP contribution in [0.5, 0.6) is 0 Å². The number of halogens is 1. The quantitative estimate of drug-likeness (QED) is 0.757. The van der Waals surface area contributed by atoms with E-state index in [1.807, 2.05) is 0 Å². The molecule has 0 saturated carbocycles. The molecule has 0 saturated heterocycles. The van der Waals surface area contributed by atoms with Crippen molar-refractivity contribution in [2.24, 2.45) is 0 Å². The van der Waals surface area contributed by atoms with E-state index in [2.05, 4.69) is 9.71 Å². The molecule has 2 heterocycles. The predicted octanol–water partition coefficient (Wildman–Crippen LogP) is 2.75. The van der Waals surface area contributed by atoms with Crippen LogP contribution < -0.4 is 4.72 Å². The zero-order chi connectivity index (χ0) is 17.9. The first-order valence-corrected chi connectivity index (χ1v) is 8.66. The summed E-state index contributed by atoms with van der Waals surface area (Å²) in [6.45, 7) is 0. The van der Waals surface area contributed by atoms with Crippen LogP contribution in [0.3, 0.4) is 0 Å². The largest absolute Gasteiger partial charge is 0.451 e. The molecule has 0 spiro atoms. The van der Waals surface area contributed by atoms with E-state index in [0.29, 0.717) is 11.3 Å². The number of nitrogens with zero attached hydrogens (tertiary/aromatic N) is 2. The highest BCUT2D eigenvalue weighted by molar-refractivity contribution is 7.89. The first-order valence-electron chi connectivity index (χ1n) is 7.17. The number of nitriles is 1. The molecule has 0 aliphatic heterocycles. The molecular weight excluding hydrogens is 345 g/mol. The van der Waals surface area contributed by atoms with Crippen LogP contribution in [0.15, 0.2) is 70.5 Å². The summed E-state index contributed by atoms with van der Waals surface area (Å²) < 4.78 is 46.3. The minimum Gasteiger partial charge on any atom is -0.451 e. The van der Waals surface area contributed by atoms with Crippen molar-refractivity contribution in [3.8, 4) is 6.07 Å². The zero-order valence-corrected chi connectivity index (χ0v) is 13.6. The fourth-order valence-corrected chi connectivity index (χ4v) is 3.59. The van der Waals surface area contributed by atoms with Gasteiger partial charge in [0.05, 0.1) is 18.0 Å². The van der Waals surface area contributed by atoms with Crippen molar-refractivity contribution in [3.05, 3.63) is 83.6 Å². The maximum absolute atomic E-state index is 13.6. The molecule has 0 fully saturated rings. The van der Waals surface area contributed by atoms with Crippen LogP contribution in [0.1, 0.15) is 22.9 Å². The predicted molar refractivity (Wildman–Crippen MR) is 86.2 cm³/mol. The second-order valence-corrected chi connectivity index (χ2v) is 6.71. The van der Waals surface area contributed by atoms with Crippen LogP contribution in [0, 0.1) is 17.1 Å². The van der Waals surface area contributed by atoms with E-state index in [0.717, 1.165) is 6.26 Å². The molecule has 3 aromatic rings. The third-order valence-electron chi connectivity index (χ3n) is 3.43. The van der Waals surface area contributed by atoms with Gasteiger partial charge in [-0.05, 0) is 35.9 Å². The van der Waals surface area contributed by atoms with Crippen LogP contribution in [0.4, 0.5) is 4.39 Å². The first-order chi connectivity index (χ1) is 12.0. The summed E-state index contributed by atoms with van der Waals surface area (Å²) in [5.74, 6) is -0.506. The minimum atomic E-state index is -4.17. The summed E-state index contributed by atoms with van der Waals surface area (Å²) in [7, 11) is -4.17. The molecule has 0 aliphatic carbocycles. The highest BCUT2D eigenvalue weighted by Crippen LogP contribution is 2.25. The van der Waals surface area contributed by atoms with E-state index in [9.17, 15) is 12.8 Å². The van der Waals surface area contributed by atoms with Crippen LogP contribution in [-0.4, -0.2) is 13.4 Å². The van der Waals surface area contributed by atoms with Gasteiger partial charge in [0.15, 0.2) is 0 Å². The van der Waals surface area contributed by atoms with Gasteiger partial charge < -0.3 is 4.42 Å². The molecule has 2 aromatic heterocycles. The Balaban J connectivity index is 2.06. The molecule has 126 valence electrons. The summed E-state index contributed by atoms with van der Waals surface area (Å²) in [5.41, 5.74) is 0.626. The van der Waals surface area contributed by atoms with Gasteiger partial charge in [0.25, 0.3) is 15.1 Å². The normalized spacial score (nSPS) is 12.5. The Morgan fingerprint density at radius 2 is 2.04 bits per heavy atom. The highest BCUT2D eigenvalue weighted by Gasteiger charge is 2.28. The van der Waals surface area contributed by atoms with Crippen molar-refractivity contribution in [1.29, 1.82) is 5.26 Å². The molecule has 0 amide bonds. The number of aromatic nitrogens is 1. The molecule has 1 unspecified atom stereocenters. The van der Waals surface area contributed by atoms with Gasteiger partial charge in [0.2, 0.25) is 0 Å². The SMILES string of the molecule is N#Cc1ccoc1S(=O)(=O)NC(c1cccc(F)c1)c1ccccn1. The lowest BCUT2D eigenvalue weighted by Crippen LogP contribution is -2.30. The van der Waals surface area contributed by atoms with E-state index >= 15 is 0 Å². The van der Waals surface area contributed by atoms with E-state index < -0.39 is 27.0 Å². The van der Waals surface area contributed by atoms with Crippen molar-refractivity contribution < 1.29 is 17.2 Å². The number of hydrogen-bond donors (Lipinski definition) is 1. The van der Waals surface area contributed by atoms with Crippen LogP contribution in [0.2, 0.25) is 0 Å². The summed E-state index contributed by atoms with van der Waals surface area (Å²) in [6.07, 6.45) is 2.62. The number of sulfonamides is 1. The molecule has 0 radical (unpaired) electrons. The lowest BCUT2D eigenvalue weighted by molar-refractivity contribution is 0.442. The van der Waals surface area contributed by atoms with Gasteiger partial charge in [-0.1, -0.05) is 18.2 Å². The molecule has 1 N–H and O–H groups in total.